The van der Waals surface area contributed by atoms with E-state index in [-0.39, 0.29) is 18.2 Å². The highest BCUT2D eigenvalue weighted by Crippen LogP contribution is 2.00. The molecule has 1 N–H and O–H groups in total. The van der Waals surface area contributed by atoms with Crippen LogP contribution in [0, 0.1) is 0 Å². The van der Waals surface area contributed by atoms with E-state index in [2.05, 4.69) is 10.2 Å². The zero-order valence-electron chi connectivity index (χ0n) is 12.5. The van der Waals surface area contributed by atoms with Crippen LogP contribution < -0.4 is 5.32 Å². The molecule has 1 fully saturated rings. The first kappa shape index (κ1) is 17.1. The summed E-state index contributed by atoms with van der Waals surface area (Å²) in [4.78, 5) is 25.2. The number of esters is 1. The first-order valence-corrected chi connectivity index (χ1v) is 7.33. The molecule has 0 spiro atoms. The van der Waals surface area contributed by atoms with Crippen LogP contribution in [0.5, 0.6) is 0 Å². The lowest BCUT2D eigenvalue weighted by atomic mass is 10.1. The first-order chi connectivity index (χ1) is 9.63. The Hall–Kier alpha value is -0.980. The van der Waals surface area contributed by atoms with Gasteiger partial charge in [0, 0.05) is 13.1 Å². The van der Waals surface area contributed by atoms with Crippen molar-refractivity contribution in [2.45, 2.75) is 32.7 Å². The third kappa shape index (κ3) is 6.98. The van der Waals surface area contributed by atoms with Crippen LogP contribution >= 0.6 is 0 Å². The van der Waals surface area contributed by atoms with E-state index in [0.29, 0.717) is 6.61 Å². The van der Waals surface area contributed by atoms with Gasteiger partial charge in [-0.2, -0.15) is 0 Å². The van der Waals surface area contributed by atoms with Crippen molar-refractivity contribution in [2.24, 2.45) is 0 Å². The maximum absolute atomic E-state index is 11.5. The highest BCUT2D eigenvalue weighted by molar-refractivity contribution is 5.86. The maximum Gasteiger partial charge on any atom is 0.307 e. The van der Waals surface area contributed by atoms with Crippen molar-refractivity contribution >= 4 is 11.8 Å². The van der Waals surface area contributed by atoms with E-state index in [9.17, 15) is 9.59 Å². The summed E-state index contributed by atoms with van der Waals surface area (Å²) in [7, 11) is 0. The van der Waals surface area contributed by atoms with Gasteiger partial charge >= 0.3 is 5.97 Å². The molecule has 0 amide bonds. The third-order valence-corrected chi connectivity index (χ3v) is 3.31. The van der Waals surface area contributed by atoms with Gasteiger partial charge in [0.15, 0.2) is 0 Å². The van der Waals surface area contributed by atoms with Gasteiger partial charge in [0.05, 0.1) is 32.3 Å². The molecule has 1 aliphatic heterocycles. The maximum atomic E-state index is 11.5. The van der Waals surface area contributed by atoms with E-state index in [1.54, 1.807) is 6.92 Å². The van der Waals surface area contributed by atoms with Crippen LogP contribution in [0.25, 0.3) is 0 Å². The van der Waals surface area contributed by atoms with Gasteiger partial charge in [-0.05, 0) is 33.4 Å². The second-order valence-electron chi connectivity index (χ2n) is 4.93. The number of carbonyl (C=O) groups excluding carboxylic acids is 2. The predicted octanol–water partition coefficient (Wildman–Crippen LogP) is 0.209. The van der Waals surface area contributed by atoms with Crippen LogP contribution in [-0.2, 0) is 19.1 Å². The van der Waals surface area contributed by atoms with Crippen molar-refractivity contribution in [2.75, 3.05) is 46.0 Å². The predicted molar refractivity (Wildman–Crippen MR) is 75.6 cm³/mol. The number of ketones is 1. The molecule has 0 radical (unpaired) electrons. The topological polar surface area (TPSA) is 67.9 Å². The summed E-state index contributed by atoms with van der Waals surface area (Å²) < 4.78 is 10.2. The van der Waals surface area contributed by atoms with E-state index >= 15 is 0 Å². The van der Waals surface area contributed by atoms with Crippen molar-refractivity contribution < 1.29 is 19.1 Å². The molecule has 0 bridgehead atoms. The first-order valence-electron chi connectivity index (χ1n) is 7.33. The van der Waals surface area contributed by atoms with E-state index < -0.39 is 6.04 Å². The molecule has 6 heteroatoms. The molecular weight excluding hydrogens is 260 g/mol. The van der Waals surface area contributed by atoms with Crippen LogP contribution in [0.2, 0.25) is 0 Å². The summed E-state index contributed by atoms with van der Waals surface area (Å²) in [5, 5.41) is 3.14. The van der Waals surface area contributed by atoms with Gasteiger partial charge in [0.1, 0.15) is 5.78 Å². The number of ether oxygens (including phenoxy) is 2. The molecule has 1 heterocycles. The number of Topliss-reactive ketones (excluding diaryl/α,β-unsaturated/α-hetero) is 1. The zero-order chi connectivity index (χ0) is 14.8. The lowest BCUT2D eigenvalue weighted by molar-refractivity contribution is -0.145. The Balaban J connectivity index is 2.18. The highest BCUT2D eigenvalue weighted by Gasteiger charge is 2.18. The Kier molecular flexibility index (Phi) is 8.41. The van der Waals surface area contributed by atoms with Gasteiger partial charge in [0.25, 0.3) is 0 Å². The van der Waals surface area contributed by atoms with E-state index in [1.807, 2.05) is 0 Å². The minimum absolute atomic E-state index is 0.0237. The number of hydrogen-bond donors (Lipinski definition) is 1. The fourth-order valence-electron chi connectivity index (χ4n) is 2.15. The molecule has 0 aromatic heterocycles. The lowest BCUT2D eigenvalue weighted by Gasteiger charge is -2.26. The van der Waals surface area contributed by atoms with E-state index in [0.717, 1.165) is 45.8 Å². The highest BCUT2D eigenvalue weighted by atomic mass is 16.5. The van der Waals surface area contributed by atoms with Crippen molar-refractivity contribution in [3.63, 3.8) is 0 Å². The van der Waals surface area contributed by atoms with Crippen molar-refractivity contribution in [3.8, 4) is 0 Å². The largest absolute Gasteiger partial charge is 0.466 e. The lowest BCUT2D eigenvalue weighted by Crippen LogP contribution is -2.41. The quantitative estimate of drug-likeness (QED) is 0.483. The summed E-state index contributed by atoms with van der Waals surface area (Å²) in [5.41, 5.74) is 0. The molecular formula is C14H26N2O4. The van der Waals surface area contributed by atoms with Crippen molar-refractivity contribution in [1.29, 1.82) is 0 Å². The van der Waals surface area contributed by atoms with Gasteiger partial charge in [-0.1, -0.05) is 0 Å². The molecule has 20 heavy (non-hydrogen) atoms. The minimum atomic E-state index is -0.432. The van der Waals surface area contributed by atoms with Gasteiger partial charge in [0.2, 0.25) is 0 Å². The molecule has 1 unspecified atom stereocenters. The molecule has 0 aliphatic carbocycles. The molecule has 1 atom stereocenters. The standard InChI is InChI=1S/C14H26N2O4/c1-3-20-14(18)11-13(12(2)17)15-5-4-6-16-7-9-19-10-8-16/h13,15H,3-11H2,1-2H3. The summed E-state index contributed by atoms with van der Waals surface area (Å²) >= 11 is 0. The van der Waals surface area contributed by atoms with Crippen LogP contribution in [0.1, 0.15) is 26.7 Å². The Morgan fingerprint density at radius 2 is 2.05 bits per heavy atom. The Labute approximate surface area is 120 Å². The second-order valence-corrected chi connectivity index (χ2v) is 4.93. The van der Waals surface area contributed by atoms with Gasteiger partial charge < -0.3 is 14.8 Å². The molecule has 116 valence electrons. The molecule has 1 aliphatic rings. The monoisotopic (exact) mass is 286 g/mol. The zero-order valence-corrected chi connectivity index (χ0v) is 12.5. The normalized spacial score (nSPS) is 17.7. The van der Waals surface area contributed by atoms with Crippen LogP contribution in [0.15, 0.2) is 0 Å². The molecule has 1 rings (SSSR count). The SMILES string of the molecule is CCOC(=O)CC(NCCCN1CCOCC1)C(C)=O. The van der Waals surface area contributed by atoms with Crippen LogP contribution in [0.4, 0.5) is 0 Å². The van der Waals surface area contributed by atoms with Crippen LogP contribution in [0.3, 0.4) is 0 Å². The summed E-state index contributed by atoms with van der Waals surface area (Å²) in [5.74, 6) is -0.349. The fraction of sp³-hybridized carbons (Fsp3) is 0.857. The Morgan fingerprint density at radius 1 is 1.35 bits per heavy atom. The minimum Gasteiger partial charge on any atom is -0.466 e. The average Bonchev–Trinajstić information content (AvgIpc) is 2.43. The Bertz CT molecular complexity index is 304. The molecule has 1 saturated heterocycles. The van der Waals surface area contributed by atoms with Crippen molar-refractivity contribution in [1.82, 2.24) is 10.2 Å². The fourth-order valence-corrected chi connectivity index (χ4v) is 2.15. The summed E-state index contributed by atoms with van der Waals surface area (Å²) in [6.07, 6.45) is 1.06. The number of nitrogens with zero attached hydrogens (tertiary/aromatic N) is 1. The molecule has 0 saturated carbocycles. The number of nitrogens with one attached hydrogen (secondary N) is 1. The molecule has 6 nitrogen and oxygen atoms in total. The number of carbonyl (C=O) groups is 2. The van der Waals surface area contributed by atoms with Crippen LogP contribution in [-0.4, -0.2) is 68.7 Å². The van der Waals surface area contributed by atoms with Gasteiger partial charge in [-0.25, -0.2) is 0 Å². The molecule has 0 aromatic carbocycles. The van der Waals surface area contributed by atoms with Gasteiger partial charge in [-0.15, -0.1) is 0 Å². The summed E-state index contributed by atoms with van der Waals surface area (Å²) in [6.45, 7) is 8.85. The number of morpholine rings is 1. The number of rotatable bonds is 9. The summed E-state index contributed by atoms with van der Waals surface area (Å²) in [6, 6.07) is -0.432. The second kappa shape index (κ2) is 9.85. The Morgan fingerprint density at radius 3 is 2.65 bits per heavy atom. The van der Waals surface area contributed by atoms with Gasteiger partial charge in [-0.3, -0.25) is 14.5 Å². The number of hydrogen-bond acceptors (Lipinski definition) is 6. The van der Waals surface area contributed by atoms with E-state index in [1.165, 1.54) is 6.92 Å². The smallest absolute Gasteiger partial charge is 0.307 e. The average molecular weight is 286 g/mol. The van der Waals surface area contributed by atoms with Crippen molar-refractivity contribution in [3.05, 3.63) is 0 Å². The molecule has 0 aromatic rings. The third-order valence-electron chi connectivity index (χ3n) is 3.31. The van der Waals surface area contributed by atoms with E-state index in [4.69, 9.17) is 9.47 Å².